The molecule has 2 aromatic heterocycles. The van der Waals surface area contributed by atoms with Gasteiger partial charge < -0.3 is 9.08 Å². The first kappa shape index (κ1) is 33.2. The van der Waals surface area contributed by atoms with E-state index < -0.39 is 21.4 Å². The average molecular weight is 758 g/mol. The van der Waals surface area contributed by atoms with Crippen LogP contribution in [0.25, 0.3) is 62.6 Å². The fourth-order valence-corrected chi connectivity index (χ4v) is 9.44. The van der Waals surface area contributed by atoms with Gasteiger partial charge in [-0.15, -0.1) is 22.7 Å². The van der Waals surface area contributed by atoms with Gasteiger partial charge in [-0.25, -0.2) is 0 Å². The normalized spacial score (nSPS) is 12.2. The third kappa shape index (κ3) is 5.98. The lowest BCUT2D eigenvalue weighted by atomic mass is 10.0. The number of anilines is 3. The van der Waals surface area contributed by atoms with E-state index in [-0.39, 0.29) is 0 Å². The molecule has 0 saturated heterocycles. The van der Waals surface area contributed by atoms with E-state index in [9.17, 15) is 21.6 Å². The van der Waals surface area contributed by atoms with Crippen LogP contribution in [0.3, 0.4) is 0 Å². The summed E-state index contributed by atoms with van der Waals surface area (Å²) in [7, 11) is -5.96. The quantitative estimate of drug-likeness (QED) is 0.120. The third-order valence-electron chi connectivity index (χ3n) is 9.21. The molecule has 0 aliphatic heterocycles. The summed E-state index contributed by atoms with van der Waals surface area (Å²) in [5.74, 6) is -0.442. The Balaban J connectivity index is 1.25. The molecule has 10 heteroatoms. The molecule has 53 heavy (non-hydrogen) atoms. The summed E-state index contributed by atoms with van der Waals surface area (Å²) < 4.78 is 74.8. The first-order chi connectivity index (χ1) is 25.6. The number of thiophene rings is 2. The smallest absolute Gasteiger partial charge is 0.376 e. The van der Waals surface area contributed by atoms with Crippen LogP contribution < -0.4 is 9.08 Å². The fourth-order valence-electron chi connectivity index (χ4n) is 6.75. The van der Waals surface area contributed by atoms with Gasteiger partial charge in [-0.2, -0.15) is 21.6 Å². The molecule has 7 aromatic carbocycles. The van der Waals surface area contributed by atoms with E-state index in [0.29, 0.717) is 11.1 Å². The first-order valence-electron chi connectivity index (χ1n) is 16.6. The van der Waals surface area contributed by atoms with E-state index in [4.69, 9.17) is 4.18 Å². The molecule has 0 N–H and O–H groups in total. The predicted molar refractivity (Wildman–Crippen MR) is 213 cm³/mol. The Bertz CT molecular complexity index is 2920. The van der Waals surface area contributed by atoms with Crippen LogP contribution in [0.5, 0.6) is 5.75 Å². The molecule has 4 nitrogen and oxygen atoms in total. The van der Waals surface area contributed by atoms with E-state index in [1.165, 1.54) is 38.3 Å². The van der Waals surface area contributed by atoms with E-state index in [1.54, 1.807) is 11.3 Å². The molecule has 0 unspecified atom stereocenters. The SMILES string of the molecule is O=S(=O)(Oc1cc(N(c2ccccc2)c2ccc(-c3ccccc3)cc2)c2sc3ccc(-c4ccc5sc6ccccc6c5c4)cc3c2c1)C(F)(F)F. The van der Waals surface area contributed by atoms with Gasteiger partial charge in [0.05, 0.1) is 10.4 Å². The second-order valence-corrected chi connectivity index (χ2v) is 16.2. The molecule has 9 aromatic rings. The van der Waals surface area contributed by atoms with Gasteiger partial charge in [0.15, 0.2) is 0 Å². The number of para-hydroxylation sites is 1. The number of rotatable bonds is 7. The van der Waals surface area contributed by atoms with Gasteiger partial charge in [0.25, 0.3) is 0 Å². The number of alkyl halides is 3. The average Bonchev–Trinajstić information content (AvgIpc) is 3.73. The van der Waals surface area contributed by atoms with Crippen LogP contribution in [-0.2, 0) is 10.1 Å². The lowest BCUT2D eigenvalue weighted by Gasteiger charge is -2.26. The predicted octanol–water partition coefficient (Wildman–Crippen LogP) is 13.5. The van der Waals surface area contributed by atoms with Crippen molar-refractivity contribution >= 4 is 90.2 Å². The molecule has 2 heterocycles. The summed E-state index contributed by atoms with van der Waals surface area (Å²) in [6, 6.07) is 50.6. The molecule has 0 radical (unpaired) electrons. The van der Waals surface area contributed by atoms with Crippen molar-refractivity contribution in [3.63, 3.8) is 0 Å². The summed E-state index contributed by atoms with van der Waals surface area (Å²) in [6.45, 7) is 0. The van der Waals surface area contributed by atoms with Crippen molar-refractivity contribution in [2.45, 2.75) is 5.51 Å². The molecule has 0 aliphatic carbocycles. The number of halogens is 3. The van der Waals surface area contributed by atoms with Crippen LogP contribution in [0, 0.1) is 0 Å². The van der Waals surface area contributed by atoms with Crippen molar-refractivity contribution in [3.8, 4) is 28.0 Å². The first-order valence-corrected chi connectivity index (χ1v) is 19.6. The zero-order chi connectivity index (χ0) is 36.3. The molecule has 0 atom stereocenters. The van der Waals surface area contributed by atoms with Gasteiger partial charge in [-0.05, 0) is 82.9 Å². The summed E-state index contributed by atoms with van der Waals surface area (Å²) >= 11 is 3.21. The molecular weight excluding hydrogens is 732 g/mol. The van der Waals surface area contributed by atoms with Crippen molar-refractivity contribution < 1.29 is 25.8 Å². The van der Waals surface area contributed by atoms with E-state index >= 15 is 0 Å². The van der Waals surface area contributed by atoms with Gasteiger partial charge in [0.2, 0.25) is 0 Å². The van der Waals surface area contributed by atoms with Gasteiger partial charge in [-0.3, -0.25) is 0 Å². The molecule has 0 aliphatic rings. The van der Waals surface area contributed by atoms with Crippen molar-refractivity contribution in [1.29, 1.82) is 0 Å². The topological polar surface area (TPSA) is 46.6 Å². The summed E-state index contributed by atoms with van der Waals surface area (Å²) in [5, 5.41) is 3.65. The Morgan fingerprint density at radius 3 is 1.70 bits per heavy atom. The van der Waals surface area contributed by atoms with Gasteiger partial charge in [-0.1, -0.05) is 91.0 Å². The van der Waals surface area contributed by atoms with E-state index in [0.717, 1.165) is 53.8 Å². The van der Waals surface area contributed by atoms with Crippen molar-refractivity contribution in [2.24, 2.45) is 0 Å². The Labute approximate surface area is 310 Å². The fraction of sp³-hybridized carbons (Fsp3) is 0.0233. The third-order valence-corrected chi connectivity index (χ3v) is 12.6. The Morgan fingerprint density at radius 1 is 0.491 bits per heavy atom. The van der Waals surface area contributed by atoms with Crippen molar-refractivity contribution in [2.75, 3.05) is 4.90 Å². The number of fused-ring (bicyclic) bond motifs is 6. The van der Waals surface area contributed by atoms with Crippen LogP contribution in [0.2, 0.25) is 0 Å². The summed E-state index contributed by atoms with van der Waals surface area (Å²) in [5.41, 5.74) is 0.246. The molecule has 0 spiro atoms. The van der Waals surface area contributed by atoms with Crippen LogP contribution in [0.15, 0.2) is 158 Å². The zero-order valence-corrected chi connectivity index (χ0v) is 30.0. The highest BCUT2D eigenvalue weighted by atomic mass is 32.2. The Hall–Kier alpha value is -5.68. The minimum Gasteiger partial charge on any atom is -0.376 e. The van der Waals surface area contributed by atoms with E-state index in [2.05, 4.69) is 30.3 Å². The van der Waals surface area contributed by atoms with Gasteiger partial charge >= 0.3 is 15.6 Å². The Kier molecular flexibility index (Phi) is 7.99. The largest absolute Gasteiger partial charge is 0.534 e. The molecule has 9 rings (SSSR count). The second kappa shape index (κ2) is 12.8. The number of nitrogens with zero attached hydrogens (tertiary/aromatic N) is 1. The minimum atomic E-state index is -5.96. The minimum absolute atomic E-state index is 0.442. The van der Waals surface area contributed by atoms with Crippen LogP contribution >= 0.6 is 22.7 Å². The molecule has 0 bridgehead atoms. The Morgan fingerprint density at radius 2 is 1.02 bits per heavy atom. The number of hydrogen-bond acceptors (Lipinski definition) is 6. The van der Waals surface area contributed by atoms with Gasteiger partial charge in [0.1, 0.15) is 5.75 Å². The van der Waals surface area contributed by atoms with Crippen LogP contribution in [-0.4, -0.2) is 13.9 Å². The van der Waals surface area contributed by atoms with Gasteiger partial charge in [0, 0.05) is 53.1 Å². The molecule has 0 amide bonds. The van der Waals surface area contributed by atoms with Crippen molar-refractivity contribution in [3.05, 3.63) is 158 Å². The molecule has 0 saturated carbocycles. The highest BCUT2D eigenvalue weighted by Crippen LogP contribution is 2.48. The maximum absolute atomic E-state index is 13.7. The maximum Gasteiger partial charge on any atom is 0.534 e. The summed E-state index contributed by atoms with van der Waals surface area (Å²) in [4.78, 5) is 1.91. The van der Waals surface area contributed by atoms with E-state index in [1.807, 2.05) is 120 Å². The van der Waals surface area contributed by atoms with Crippen LogP contribution in [0.4, 0.5) is 30.2 Å². The monoisotopic (exact) mass is 757 g/mol. The molecular formula is C43H26F3NO3S3. The van der Waals surface area contributed by atoms with Crippen LogP contribution in [0.1, 0.15) is 0 Å². The number of hydrogen-bond donors (Lipinski definition) is 0. The highest BCUT2D eigenvalue weighted by molar-refractivity contribution is 7.88. The zero-order valence-electron chi connectivity index (χ0n) is 27.5. The van der Waals surface area contributed by atoms with Crippen molar-refractivity contribution in [1.82, 2.24) is 0 Å². The highest BCUT2D eigenvalue weighted by Gasteiger charge is 2.48. The second-order valence-electron chi connectivity index (χ2n) is 12.5. The lowest BCUT2D eigenvalue weighted by Crippen LogP contribution is -2.28. The summed E-state index contributed by atoms with van der Waals surface area (Å²) in [6.07, 6.45) is 0. The lowest BCUT2D eigenvalue weighted by molar-refractivity contribution is -0.0500. The molecule has 260 valence electrons. The maximum atomic E-state index is 13.7. The molecule has 0 fully saturated rings. The number of benzene rings is 7. The standard InChI is InChI=1S/C43H26F3NO3S3/c44-43(45,46)53(48,49)50-33-25-37-36-24-30(29-17-21-40-35(23-29)34-13-7-8-14-39(34)51-40)18-22-41(36)52-42(37)38(26-33)47(31-11-5-2-6-12-31)32-19-15-28(16-20-32)27-9-3-1-4-10-27/h1-26H.